The van der Waals surface area contributed by atoms with Gasteiger partial charge in [-0.2, -0.15) is 0 Å². The zero-order valence-electron chi connectivity index (χ0n) is 51.9. The van der Waals surface area contributed by atoms with Crippen LogP contribution in [-0.2, 0) is 28.6 Å². The lowest BCUT2D eigenvalue weighted by molar-refractivity contribution is -0.167. The van der Waals surface area contributed by atoms with E-state index < -0.39 is 6.10 Å². The van der Waals surface area contributed by atoms with Crippen molar-refractivity contribution in [2.45, 2.75) is 322 Å². The number of carbonyl (C=O) groups excluding carboxylic acids is 3. The Labute approximate surface area is 489 Å². The molecule has 0 aliphatic rings. The third kappa shape index (κ3) is 64.8. The van der Waals surface area contributed by atoms with Crippen molar-refractivity contribution in [2.24, 2.45) is 0 Å². The van der Waals surface area contributed by atoms with E-state index in [9.17, 15) is 14.4 Å². The molecule has 1 atom stereocenters. The summed E-state index contributed by atoms with van der Waals surface area (Å²) in [5.41, 5.74) is 0. The molecule has 0 aliphatic carbocycles. The van der Waals surface area contributed by atoms with Gasteiger partial charge in [-0.1, -0.05) is 278 Å². The van der Waals surface area contributed by atoms with Crippen LogP contribution < -0.4 is 0 Å². The normalized spacial score (nSPS) is 12.8. The first-order valence-electron chi connectivity index (χ1n) is 33.4. The minimum atomic E-state index is -0.795. The second-order valence-corrected chi connectivity index (χ2v) is 22.0. The van der Waals surface area contributed by atoms with Crippen LogP contribution in [0.4, 0.5) is 0 Å². The van der Waals surface area contributed by atoms with Crippen molar-refractivity contribution in [2.75, 3.05) is 13.2 Å². The van der Waals surface area contributed by atoms with Gasteiger partial charge in [0, 0.05) is 19.3 Å². The maximum Gasteiger partial charge on any atom is 0.306 e. The molecule has 452 valence electrons. The fourth-order valence-corrected chi connectivity index (χ4v) is 9.24. The van der Waals surface area contributed by atoms with E-state index in [0.717, 1.165) is 122 Å². The first-order chi connectivity index (χ1) is 39.0. The summed E-state index contributed by atoms with van der Waals surface area (Å²) in [7, 11) is 0. The molecule has 79 heavy (non-hydrogen) atoms. The molecule has 0 N–H and O–H groups in total. The van der Waals surface area contributed by atoms with Gasteiger partial charge in [-0.05, 0) is 128 Å². The molecule has 0 rings (SSSR count). The summed E-state index contributed by atoms with van der Waals surface area (Å²) in [4.78, 5) is 38.4. The first-order valence-corrected chi connectivity index (χ1v) is 33.4. The van der Waals surface area contributed by atoms with Crippen LogP contribution in [0.5, 0.6) is 0 Å². The number of carbonyl (C=O) groups is 3. The van der Waals surface area contributed by atoms with E-state index in [1.54, 1.807) is 0 Å². The maximum atomic E-state index is 12.9. The van der Waals surface area contributed by atoms with E-state index in [4.69, 9.17) is 14.2 Å². The Kier molecular flexibility index (Phi) is 63.3. The van der Waals surface area contributed by atoms with Crippen molar-refractivity contribution >= 4 is 17.9 Å². The second-order valence-electron chi connectivity index (χ2n) is 22.0. The lowest BCUT2D eigenvalue weighted by Crippen LogP contribution is -2.30. The van der Waals surface area contributed by atoms with Crippen LogP contribution in [0.2, 0.25) is 0 Å². The topological polar surface area (TPSA) is 78.9 Å². The number of ether oxygens (including phenoxy) is 3. The number of esters is 3. The summed E-state index contributed by atoms with van der Waals surface area (Å²) in [5, 5.41) is 0. The van der Waals surface area contributed by atoms with Crippen LogP contribution >= 0.6 is 0 Å². The van der Waals surface area contributed by atoms with E-state index in [1.807, 2.05) is 0 Å². The molecule has 0 radical (unpaired) electrons. The van der Waals surface area contributed by atoms with Crippen molar-refractivity contribution in [1.82, 2.24) is 0 Å². The Hall–Kier alpha value is -3.93. The molecule has 0 saturated carbocycles. The number of allylic oxidation sites excluding steroid dienone is 18. The molecule has 0 aromatic carbocycles. The van der Waals surface area contributed by atoms with Crippen molar-refractivity contribution in [3.63, 3.8) is 0 Å². The Morgan fingerprint density at radius 1 is 0.266 bits per heavy atom. The van der Waals surface area contributed by atoms with E-state index in [2.05, 4.69) is 130 Å². The van der Waals surface area contributed by atoms with Crippen LogP contribution in [-0.4, -0.2) is 37.2 Å². The zero-order valence-corrected chi connectivity index (χ0v) is 51.9. The standard InChI is InChI=1S/C73H124O6/c1-4-7-10-13-16-19-22-25-28-31-34-36-39-42-45-48-51-54-57-60-63-66-72(75)78-69-70(68-77-71(74)65-62-59-56-53-50-47-44-41-38-33-30-27-24-21-18-15-12-9-6-3)79-73(76)67-64-61-58-55-52-49-46-43-40-37-35-32-29-26-23-20-17-14-11-8-5-2/h7,10,16,18-19,21,23,25-28,30,32,34-36,40,43,70H,4-6,8-9,11-15,17,20,22,24,29,31,33,37-39,41-42,44-69H2,1-3H3/b10-7-,19-16-,21-18-,26-23-,28-25-,30-27-,35-32-,36-34-,43-40-. The Balaban J connectivity index is 4.44. The molecule has 6 nitrogen and oxygen atoms in total. The summed E-state index contributed by atoms with van der Waals surface area (Å²) >= 11 is 0. The van der Waals surface area contributed by atoms with Crippen LogP contribution in [0.3, 0.4) is 0 Å². The number of unbranched alkanes of at least 4 members (excludes halogenated alkanes) is 31. The Bertz CT molecular complexity index is 1590. The lowest BCUT2D eigenvalue weighted by Gasteiger charge is -2.18. The molecule has 0 aromatic rings. The smallest absolute Gasteiger partial charge is 0.306 e. The van der Waals surface area contributed by atoms with Gasteiger partial charge in [-0.3, -0.25) is 14.4 Å². The summed E-state index contributed by atoms with van der Waals surface area (Å²) in [6.07, 6.45) is 90.8. The summed E-state index contributed by atoms with van der Waals surface area (Å²) in [5.74, 6) is -0.903. The average Bonchev–Trinajstić information content (AvgIpc) is 3.45. The minimum Gasteiger partial charge on any atom is -0.462 e. The molecular weight excluding hydrogens is 973 g/mol. The molecule has 0 bridgehead atoms. The van der Waals surface area contributed by atoms with Gasteiger partial charge in [0.1, 0.15) is 13.2 Å². The molecule has 0 spiro atoms. The zero-order chi connectivity index (χ0) is 57.1. The van der Waals surface area contributed by atoms with Gasteiger partial charge in [0.15, 0.2) is 6.10 Å². The van der Waals surface area contributed by atoms with Crippen LogP contribution in [0, 0.1) is 0 Å². The molecule has 0 aliphatic heterocycles. The first kappa shape index (κ1) is 75.1. The second kappa shape index (κ2) is 66.6. The molecule has 6 heteroatoms. The average molecular weight is 1100 g/mol. The van der Waals surface area contributed by atoms with Gasteiger partial charge in [0.05, 0.1) is 0 Å². The summed E-state index contributed by atoms with van der Waals surface area (Å²) < 4.78 is 17.0. The van der Waals surface area contributed by atoms with Gasteiger partial charge in [0.25, 0.3) is 0 Å². The summed E-state index contributed by atoms with van der Waals surface area (Å²) in [6.45, 7) is 6.50. The monoisotopic (exact) mass is 1100 g/mol. The van der Waals surface area contributed by atoms with Crippen LogP contribution in [0.15, 0.2) is 109 Å². The Morgan fingerprint density at radius 2 is 0.494 bits per heavy atom. The molecule has 0 heterocycles. The van der Waals surface area contributed by atoms with Crippen molar-refractivity contribution in [1.29, 1.82) is 0 Å². The highest BCUT2D eigenvalue weighted by Gasteiger charge is 2.19. The fraction of sp³-hybridized carbons (Fsp3) is 0.712. The van der Waals surface area contributed by atoms with Gasteiger partial charge < -0.3 is 14.2 Å². The van der Waals surface area contributed by atoms with Gasteiger partial charge in [0.2, 0.25) is 0 Å². The van der Waals surface area contributed by atoms with Crippen molar-refractivity contribution in [3.05, 3.63) is 109 Å². The van der Waals surface area contributed by atoms with E-state index in [-0.39, 0.29) is 31.1 Å². The number of rotatable bonds is 60. The quantitative estimate of drug-likeness (QED) is 0.0261. The largest absolute Gasteiger partial charge is 0.462 e. The van der Waals surface area contributed by atoms with Crippen LogP contribution in [0.1, 0.15) is 316 Å². The highest BCUT2D eigenvalue weighted by molar-refractivity contribution is 5.71. The van der Waals surface area contributed by atoms with Gasteiger partial charge >= 0.3 is 17.9 Å². The van der Waals surface area contributed by atoms with Crippen molar-refractivity contribution < 1.29 is 28.6 Å². The highest BCUT2D eigenvalue weighted by Crippen LogP contribution is 2.16. The van der Waals surface area contributed by atoms with Crippen LogP contribution in [0.25, 0.3) is 0 Å². The maximum absolute atomic E-state index is 12.9. The molecular formula is C73H124O6. The highest BCUT2D eigenvalue weighted by atomic mass is 16.6. The predicted octanol–water partition coefficient (Wildman–Crippen LogP) is 23.0. The molecule has 0 fully saturated rings. The third-order valence-electron chi connectivity index (χ3n) is 14.2. The Morgan fingerprint density at radius 3 is 0.797 bits per heavy atom. The lowest BCUT2D eigenvalue weighted by atomic mass is 10.1. The SMILES string of the molecule is CC/C=C\C/C=C\C/C=C\C/C=C\CCCCCCCCCCC(=O)OCC(COC(=O)CCCCCCCCCCC/C=C\C/C=C\CCCCC)OC(=O)CCCCCCCC/C=C\C/C=C\C/C=C\CCCCCCC. The van der Waals surface area contributed by atoms with Gasteiger partial charge in [-0.25, -0.2) is 0 Å². The van der Waals surface area contributed by atoms with Crippen molar-refractivity contribution in [3.8, 4) is 0 Å². The number of hydrogen-bond donors (Lipinski definition) is 0. The molecule has 0 amide bonds. The molecule has 0 saturated heterocycles. The predicted molar refractivity (Wildman–Crippen MR) is 343 cm³/mol. The molecule has 0 aromatic heterocycles. The third-order valence-corrected chi connectivity index (χ3v) is 14.2. The van der Waals surface area contributed by atoms with E-state index in [1.165, 1.54) is 154 Å². The van der Waals surface area contributed by atoms with E-state index in [0.29, 0.717) is 19.3 Å². The minimum absolute atomic E-state index is 0.0886. The van der Waals surface area contributed by atoms with E-state index >= 15 is 0 Å². The number of hydrogen-bond acceptors (Lipinski definition) is 6. The molecule has 1 unspecified atom stereocenters. The summed E-state index contributed by atoms with van der Waals surface area (Å²) in [6, 6.07) is 0. The van der Waals surface area contributed by atoms with Gasteiger partial charge in [-0.15, -0.1) is 0 Å². The fourth-order valence-electron chi connectivity index (χ4n) is 9.24.